The van der Waals surface area contributed by atoms with Crippen LogP contribution in [0.25, 0.3) is 10.9 Å². The number of amides is 1. The Morgan fingerprint density at radius 1 is 1.21 bits per heavy atom. The minimum Gasteiger partial charge on any atom is -0.396 e. The first-order chi connectivity index (χ1) is 14.1. The van der Waals surface area contributed by atoms with Gasteiger partial charge in [0.25, 0.3) is 11.5 Å². The van der Waals surface area contributed by atoms with Crippen LogP contribution in [0.15, 0.2) is 47.5 Å². The van der Waals surface area contributed by atoms with Crippen LogP contribution in [-0.4, -0.2) is 45.2 Å². The van der Waals surface area contributed by atoms with Gasteiger partial charge in [0.05, 0.1) is 0 Å². The Balaban J connectivity index is 1.54. The molecule has 29 heavy (non-hydrogen) atoms. The number of aromatic nitrogens is 2. The van der Waals surface area contributed by atoms with Gasteiger partial charge in [0.1, 0.15) is 5.56 Å². The molecule has 0 aliphatic carbocycles. The average molecular weight is 393 g/mol. The number of aromatic amines is 1. The van der Waals surface area contributed by atoms with Gasteiger partial charge in [-0.2, -0.15) is 0 Å². The van der Waals surface area contributed by atoms with E-state index in [0.717, 1.165) is 29.3 Å². The van der Waals surface area contributed by atoms with Gasteiger partial charge in [-0.25, -0.2) is 0 Å². The molecule has 152 valence electrons. The second kappa shape index (κ2) is 8.25. The Bertz CT molecular complexity index is 1070. The summed E-state index contributed by atoms with van der Waals surface area (Å²) in [5, 5.41) is 10.5. The lowest BCUT2D eigenvalue weighted by atomic mass is 9.97. The smallest absolute Gasteiger partial charge is 0.263 e. The number of aliphatic hydroxyl groups excluding tert-OH is 1. The highest BCUT2D eigenvalue weighted by atomic mass is 16.3. The maximum Gasteiger partial charge on any atom is 0.263 e. The molecule has 3 aromatic rings. The van der Waals surface area contributed by atoms with Crippen LogP contribution in [0.2, 0.25) is 0 Å². The molecule has 1 aliphatic heterocycles. The zero-order valence-electron chi connectivity index (χ0n) is 16.7. The molecule has 0 spiro atoms. The van der Waals surface area contributed by atoms with E-state index in [1.54, 1.807) is 15.7 Å². The molecule has 0 atom stereocenters. The van der Waals surface area contributed by atoms with Gasteiger partial charge in [-0.15, -0.1) is 0 Å². The molecule has 3 heterocycles. The molecule has 2 aromatic heterocycles. The number of aliphatic hydroxyl groups is 1. The molecule has 1 saturated heterocycles. The van der Waals surface area contributed by atoms with Crippen LogP contribution in [0.1, 0.15) is 34.3 Å². The van der Waals surface area contributed by atoms with Crippen molar-refractivity contribution in [2.45, 2.75) is 32.7 Å². The average Bonchev–Trinajstić information content (AvgIpc) is 3.16. The summed E-state index contributed by atoms with van der Waals surface area (Å²) in [5.74, 6) is 0.0640. The van der Waals surface area contributed by atoms with Gasteiger partial charge in [-0.1, -0.05) is 18.2 Å². The molecular formula is C23H27N3O3. The monoisotopic (exact) mass is 393 g/mol. The Morgan fingerprint density at radius 2 is 1.97 bits per heavy atom. The lowest BCUT2D eigenvalue weighted by molar-refractivity contribution is 0.0647. The number of pyridine rings is 1. The van der Waals surface area contributed by atoms with Crippen molar-refractivity contribution in [2.75, 3.05) is 19.7 Å². The van der Waals surface area contributed by atoms with Crippen molar-refractivity contribution in [3.63, 3.8) is 0 Å². The third kappa shape index (κ3) is 3.85. The van der Waals surface area contributed by atoms with Crippen molar-refractivity contribution < 1.29 is 9.90 Å². The van der Waals surface area contributed by atoms with E-state index in [9.17, 15) is 14.7 Å². The Morgan fingerprint density at radius 3 is 2.72 bits per heavy atom. The number of nitrogens with zero attached hydrogens (tertiary/aromatic N) is 2. The maximum absolute atomic E-state index is 13.1. The van der Waals surface area contributed by atoms with Gasteiger partial charge in [0, 0.05) is 49.5 Å². The zero-order valence-corrected chi connectivity index (χ0v) is 16.7. The quantitative estimate of drug-likeness (QED) is 0.700. The van der Waals surface area contributed by atoms with Gasteiger partial charge in [-0.3, -0.25) is 9.59 Å². The van der Waals surface area contributed by atoms with Crippen LogP contribution in [0.4, 0.5) is 0 Å². The third-order valence-corrected chi connectivity index (χ3v) is 6.04. The molecule has 6 heteroatoms. The van der Waals surface area contributed by atoms with Gasteiger partial charge < -0.3 is 19.6 Å². The fourth-order valence-electron chi connectivity index (χ4n) is 4.16. The van der Waals surface area contributed by atoms with Crippen LogP contribution in [0.5, 0.6) is 0 Å². The number of benzene rings is 1. The highest BCUT2D eigenvalue weighted by Gasteiger charge is 2.26. The highest BCUT2D eigenvalue weighted by Crippen LogP contribution is 2.20. The molecular weight excluding hydrogens is 366 g/mol. The number of likely N-dealkylation sites (tertiary alicyclic amines) is 1. The molecule has 2 N–H and O–H groups in total. The van der Waals surface area contributed by atoms with Crippen LogP contribution in [-0.2, 0) is 13.0 Å². The number of fused-ring (bicyclic) bond motifs is 1. The predicted molar refractivity (Wildman–Crippen MR) is 113 cm³/mol. The number of hydrogen-bond donors (Lipinski definition) is 2. The molecule has 4 rings (SSSR count). The van der Waals surface area contributed by atoms with Gasteiger partial charge in [-0.05, 0) is 55.4 Å². The number of hydrogen-bond acceptors (Lipinski definition) is 3. The van der Waals surface area contributed by atoms with Crippen molar-refractivity contribution in [2.24, 2.45) is 5.92 Å². The molecule has 1 aliphatic rings. The topological polar surface area (TPSA) is 78.3 Å². The number of H-pyrrole nitrogens is 1. The number of para-hydroxylation sites is 1. The largest absolute Gasteiger partial charge is 0.396 e. The van der Waals surface area contributed by atoms with Gasteiger partial charge >= 0.3 is 0 Å². The first kappa shape index (κ1) is 19.5. The third-order valence-electron chi connectivity index (χ3n) is 6.04. The number of rotatable bonds is 5. The number of carbonyl (C=O) groups is 1. The summed E-state index contributed by atoms with van der Waals surface area (Å²) >= 11 is 0. The van der Waals surface area contributed by atoms with E-state index in [1.807, 2.05) is 37.4 Å². The van der Waals surface area contributed by atoms with Crippen molar-refractivity contribution in [1.82, 2.24) is 14.5 Å². The van der Waals surface area contributed by atoms with Crippen molar-refractivity contribution in [3.8, 4) is 0 Å². The second-order valence-electron chi connectivity index (χ2n) is 7.90. The summed E-state index contributed by atoms with van der Waals surface area (Å²) in [6, 6.07) is 9.96. The molecule has 0 radical (unpaired) electrons. The van der Waals surface area contributed by atoms with Crippen LogP contribution in [0, 0.1) is 12.8 Å². The second-order valence-corrected chi connectivity index (χ2v) is 7.90. The van der Waals surface area contributed by atoms with Crippen molar-refractivity contribution >= 4 is 16.8 Å². The highest BCUT2D eigenvalue weighted by molar-refractivity contribution is 5.95. The molecule has 0 bridgehead atoms. The normalized spacial score (nSPS) is 15.2. The summed E-state index contributed by atoms with van der Waals surface area (Å²) < 4.78 is 1.64. The van der Waals surface area contributed by atoms with Crippen molar-refractivity contribution in [3.05, 3.63) is 69.8 Å². The number of aryl methyl sites for hydroxylation is 3. The molecule has 0 saturated carbocycles. The summed E-state index contributed by atoms with van der Waals surface area (Å²) in [7, 11) is 0. The molecule has 6 nitrogen and oxygen atoms in total. The Hall–Kier alpha value is -2.86. The van der Waals surface area contributed by atoms with Crippen LogP contribution >= 0.6 is 0 Å². The van der Waals surface area contributed by atoms with E-state index < -0.39 is 0 Å². The Labute approximate surface area is 169 Å². The number of carbonyl (C=O) groups excluding carboxylic acids is 1. The lowest BCUT2D eigenvalue weighted by Gasteiger charge is -2.31. The van der Waals surface area contributed by atoms with Gasteiger partial charge in [0.15, 0.2) is 0 Å². The van der Waals surface area contributed by atoms with E-state index in [2.05, 4.69) is 11.1 Å². The predicted octanol–water partition coefficient (Wildman–Crippen LogP) is 2.73. The SMILES string of the molecule is Cc1ccn(CCc2c[nH]c3ccccc23)c(=O)c1C(=O)N1CCC(CO)CC1. The standard InChI is InChI=1S/C23H27N3O3/c1-16-6-10-25(13-9-18-14-24-20-5-3-2-4-19(18)20)22(28)21(16)23(29)26-11-7-17(15-27)8-12-26/h2-6,10,14,17,24,27H,7-9,11-13,15H2,1H3. The molecule has 1 fully saturated rings. The number of piperidine rings is 1. The fourth-order valence-corrected chi connectivity index (χ4v) is 4.16. The zero-order chi connectivity index (χ0) is 20.4. The summed E-state index contributed by atoms with van der Waals surface area (Å²) in [4.78, 5) is 31.1. The van der Waals surface area contributed by atoms with Crippen molar-refractivity contribution in [1.29, 1.82) is 0 Å². The maximum atomic E-state index is 13.1. The number of nitrogens with one attached hydrogen (secondary N) is 1. The summed E-state index contributed by atoms with van der Waals surface area (Å²) in [6.07, 6.45) is 6.04. The van der Waals surface area contributed by atoms with E-state index >= 15 is 0 Å². The summed E-state index contributed by atoms with van der Waals surface area (Å²) in [6.45, 7) is 3.68. The molecule has 1 aromatic carbocycles. The first-order valence-corrected chi connectivity index (χ1v) is 10.2. The van der Waals surface area contributed by atoms with Gasteiger partial charge in [0.2, 0.25) is 0 Å². The minimum atomic E-state index is -0.223. The van der Waals surface area contributed by atoms with E-state index in [1.165, 1.54) is 0 Å². The van der Waals surface area contributed by atoms with Crippen LogP contribution in [0.3, 0.4) is 0 Å². The van der Waals surface area contributed by atoms with E-state index in [-0.39, 0.29) is 29.6 Å². The fraction of sp³-hybridized carbons (Fsp3) is 0.391. The van der Waals surface area contributed by atoms with Crippen LogP contribution < -0.4 is 5.56 Å². The van der Waals surface area contributed by atoms with E-state index in [4.69, 9.17) is 0 Å². The minimum absolute atomic E-state index is 0.160. The van der Waals surface area contributed by atoms with E-state index in [0.29, 0.717) is 31.6 Å². The summed E-state index contributed by atoms with van der Waals surface area (Å²) in [5.41, 5.74) is 3.01. The molecule has 0 unspecified atom stereocenters. The first-order valence-electron chi connectivity index (χ1n) is 10.2. The molecule has 1 amide bonds. The lowest BCUT2D eigenvalue weighted by Crippen LogP contribution is -2.42. The Kier molecular flexibility index (Phi) is 5.53.